The van der Waals surface area contributed by atoms with Crippen molar-refractivity contribution in [2.24, 2.45) is 16.9 Å². The predicted octanol–water partition coefficient (Wildman–Crippen LogP) is 2.69. The molecule has 1 atom stereocenters. The number of fused-ring (bicyclic) bond motifs is 3. The van der Waals surface area contributed by atoms with Crippen molar-refractivity contribution < 1.29 is 9.18 Å². The molecule has 1 unspecified atom stereocenters. The highest BCUT2D eigenvalue weighted by molar-refractivity contribution is 5.95. The summed E-state index contributed by atoms with van der Waals surface area (Å²) in [6.45, 7) is 2.19. The maximum absolute atomic E-state index is 13.3. The predicted molar refractivity (Wildman–Crippen MR) is 93.3 cm³/mol. The Kier molecular flexibility index (Phi) is 3.32. The second-order valence-electron chi connectivity index (χ2n) is 6.96. The average Bonchev–Trinajstić information content (AvgIpc) is 2.96. The first-order valence-corrected chi connectivity index (χ1v) is 8.25. The highest BCUT2D eigenvalue weighted by atomic mass is 19.1. The van der Waals surface area contributed by atoms with Gasteiger partial charge < -0.3 is 11.5 Å². The van der Waals surface area contributed by atoms with Crippen molar-refractivity contribution in [1.82, 2.24) is 9.78 Å². The Balaban J connectivity index is 2.00. The molecule has 1 amide bonds. The highest BCUT2D eigenvalue weighted by Crippen LogP contribution is 2.50. The summed E-state index contributed by atoms with van der Waals surface area (Å²) in [5, 5.41) is 4.46. The fraction of sp³-hybridized carbons (Fsp3) is 0.263. The Morgan fingerprint density at radius 2 is 2.04 bits per heavy atom. The molecule has 1 heterocycles. The van der Waals surface area contributed by atoms with Gasteiger partial charge in [-0.1, -0.05) is 13.0 Å². The second-order valence-corrected chi connectivity index (χ2v) is 6.96. The lowest BCUT2D eigenvalue weighted by Crippen LogP contribution is -2.28. The van der Waals surface area contributed by atoms with Gasteiger partial charge in [0, 0.05) is 11.3 Å². The minimum Gasteiger partial charge on any atom is -0.399 e. The number of primary amides is 1. The number of nitrogens with zero attached hydrogens (tertiary/aromatic N) is 2. The number of carbonyl (C=O) groups excluding carboxylic acids is 1. The van der Waals surface area contributed by atoms with Crippen LogP contribution in [0.5, 0.6) is 0 Å². The summed E-state index contributed by atoms with van der Waals surface area (Å²) in [6, 6.07) is 6.03. The Morgan fingerprint density at radius 3 is 2.72 bits per heavy atom. The normalized spacial score (nSPS) is 21.8. The van der Waals surface area contributed by atoms with Gasteiger partial charge in [0.05, 0.1) is 11.4 Å². The van der Waals surface area contributed by atoms with E-state index in [2.05, 4.69) is 12.0 Å². The largest absolute Gasteiger partial charge is 0.399 e. The maximum atomic E-state index is 13.3. The maximum Gasteiger partial charge on any atom is 0.269 e. The molecular weight excluding hydrogens is 319 g/mol. The fourth-order valence-electron chi connectivity index (χ4n) is 3.78. The average molecular weight is 338 g/mol. The van der Waals surface area contributed by atoms with Crippen LogP contribution in [0, 0.1) is 11.2 Å². The Hall–Kier alpha value is -2.89. The molecule has 1 aromatic carbocycles. The summed E-state index contributed by atoms with van der Waals surface area (Å²) < 4.78 is 15.0. The lowest BCUT2D eigenvalue weighted by atomic mass is 9.66. The Bertz CT molecular complexity index is 939. The van der Waals surface area contributed by atoms with Gasteiger partial charge in [0.15, 0.2) is 5.69 Å². The quantitative estimate of drug-likeness (QED) is 0.882. The van der Waals surface area contributed by atoms with Crippen molar-refractivity contribution in [1.29, 1.82) is 0 Å². The van der Waals surface area contributed by atoms with Crippen LogP contribution in [-0.4, -0.2) is 15.7 Å². The lowest BCUT2D eigenvalue weighted by molar-refractivity contribution is 0.0994. The number of hydrogen-bond acceptors (Lipinski definition) is 3. The summed E-state index contributed by atoms with van der Waals surface area (Å²) in [5.41, 5.74) is 15.9. The highest BCUT2D eigenvalue weighted by Gasteiger charge is 2.40. The fourth-order valence-corrected chi connectivity index (χ4v) is 3.78. The van der Waals surface area contributed by atoms with Crippen molar-refractivity contribution in [3.05, 3.63) is 64.9 Å². The molecule has 2 aliphatic rings. The molecule has 2 aromatic rings. The molecular formula is C19H19FN4O. The molecule has 0 aliphatic heterocycles. The van der Waals surface area contributed by atoms with Crippen LogP contribution < -0.4 is 11.5 Å². The third kappa shape index (κ3) is 2.36. The third-order valence-corrected chi connectivity index (χ3v) is 5.22. The van der Waals surface area contributed by atoms with Crippen LogP contribution in [-0.2, 0) is 6.42 Å². The molecule has 0 spiro atoms. The van der Waals surface area contributed by atoms with Gasteiger partial charge in [0.1, 0.15) is 5.82 Å². The molecule has 0 fully saturated rings. The van der Waals surface area contributed by atoms with E-state index in [-0.39, 0.29) is 16.9 Å². The first kappa shape index (κ1) is 15.6. The van der Waals surface area contributed by atoms with E-state index in [1.807, 2.05) is 12.2 Å². The number of hydrogen-bond donors (Lipinski definition) is 2. The van der Waals surface area contributed by atoms with Crippen LogP contribution in [0.1, 0.15) is 41.5 Å². The van der Waals surface area contributed by atoms with Crippen molar-refractivity contribution >= 4 is 11.5 Å². The van der Waals surface area contributed by atoms with E-state index in [0.29, 0.717) is 11.4 Å². The molecule has 25 heavy (non-hydrogen) atoms. The molecule has 6 heteroatoms. The van der Waals surface area contributed by atoms with Crippen molar-refractivity contribution in [3.63, 3.8) is 0 Å². The first-order valence-electron chi connectivity index (χ1n) is 8.25. The van der Waals surface area contributed by atoms with Gasteiger partial charge in [-0.2, -0.15) is 5.10 Å². The molecule has 0 radical (unpaired) electrons. The monoisotopic (exact) mass is 338 g/mol. The zero-order chi connectivity index (χ0) is 17.8. The molecule has 0 saturated heterocycles. The number of rotatable bonds is 2. The van der Waals surface area contributed by atoms with Crippen LogP contribution in [0.3, 0.4) is 0 Å². The summed E-state index contributed by atoms with van der Waals surface area (Å²) in [6.07, 6.45) is 6.43. The molecule has 5 nitrogen and oxygen atoms in total. The number of halogens is 1. The van der Waals surface area contributed by atoms with Crippen molar-refractivity contribution in [2.45, 2.75) is 26.2 Å². The van der Waals surface area contributed by atoms with Gasteiger partial charge in [0.2, 0.25) is 0 Å². The van der Waals surface area contributed by atoms with E-state index < -0.39 is 5.91 Å². The van der Waals surface area contributed by atoms with Gasteiger partial charge in [0.25, 0.3) is 5.91 Å². The van der Waals surface area contributed by atoms with Crippen molar-refractivity contribution in [3.8, 4) is 5.69 Å². The number of carbonyl (C=O) groups is 1. The number of nitrogens with two attached hydrogens (primary N) is 2. The van der Waals surface area contributed by atoms with Crippen LogP contribution in [0.15, 0.2) is 42.1 Å². The Morgan fingerprint density at radius 1 is 1.32 bits per heavy atom. The minimum atomic E-state index is -0.555. The second kappa shape index (κ2) is 5.31. The number of aromatic nitrogens is 2. The zero-order valence-electron chi connectivity index (χ0n) is 13.9. The molecule has 0 saturated carbocycles. The SMILES string of the molecule is CC12CC=C(N)C=C1c1c(c(C(N)=O)nn1-c1ccc(F)cc1)CC2. The van der Waals surface area contributed by atoms with E-state index in [4.69, 9.17) is 11.5 Å². The van der Waals surface area contributed by atoms with E-state index in [1.165, 1.54) is 12.1 Å². The summed E-state index contributed by atoms with van der Waals surface area (Å²) >= 11 is 0. The standard InChI is InChI=1S/C19H19FN4O/c1-19-8-6-12(21)10-15(19)17-14(7-9-19)16(18(22)25)23-24(17)13-4-2-11(20)3-5-13/h2-6,10H,7-9,21H2,1H3,(H2,22,25). The smallest absolute Gasteiger partial charge is 0.269 e. The molecule has 4 N–H and O–H groups in total. The molecule has 2 aliphatic carbocycles. The van der Waals surface area contributed by atoms with Crippen LogP contribution in [0.25, 0.3) is 11.3 Å². The number of amides is 1. The van der Waals surface area contributed by atoms with Crippen LogP contribution >= 0.6 is 0 Å². The first-order chi connectivity index (χ1) is 11.9. The van der Waals surface area contributed by atoms with Crippen LogP contribution in [0.4, 0.5) is 4.39 Å². The van der Waals surface area contributed by atoms with E-state index in [0.717, 1.165) is 36.1 Å². The van der Waals surface area contributed by atoms with E-state index >= 15 is 0 Å². The molecule has 128 valence electrons. The molecule has 0 bridgehead atoms. The van der Waals surface area contributed by atoms with E-state index in [9.17, 15) is 9.18 Å². The van der Waals surface area contributed by atoms with Crippen molar-refractivity contribution in [2.75, 3.05) is 0 Å². The lowest BCUT2D eigenvalue weighted by Gasteiger charge is -2.38. The Labute approximate surface area is 144 Å². The van der Waals surface area contributed by atoms with Gasteiger partial charge in [-0.25, -0.2) is 9.07 Å². The van der Waals surface area contributed by atoms with Gasteiger partial charge in [-0.3, -0.25) is 4.79 Å². The van der Waals surface area contributed by atoms with Gasteiger partial charge in [-0.05, 0) is 60.6 Å². The van der Waals surface area contributed by atoms with E-state index in [1.54, 1.807) is 16.8 Å². The van der Waals surface area contributed by atoms with Gasteiger partial charge in [-0.15, -0.1) is 0 Å². The van der Waals surface area contributed by atoms with Gasteiger partial charge >= 0.3 is 0 Å². The zero-order valence-corrected chi connectivity index (χ0v) is 13.9. The summed E-state index contributed by atoms with van der Waals surface area (Å²) in [7, 11) is 0. The minimum absolute atomic E-state index is 0.0669. The summed E-state index contributed by atoms with van der Waals surface area (Å²) in [4.78, 5) is 11.9. The topological polar surface area (TPSA) is 86.9 Å². The molecule has 4 rings (SSSR count). The van der Waals surface area contributed by atoms with Crippen LogP contribution in [0.2, 0.25) is 0 Å². The molecule has 1 aromatic heterocycles. The number of allylic oxidation sites excluding steroid dienone is 3. The third-order valence-electron chi connectivity index (χ3n) is 5.22. The number of benzene rings is 1. The summed E-state index contributed by atoms with van der Waals surface area (Å²) in [5.74, 6) is -0.880.